The van der Waals surface area contributed by atoms with Gasteiger partial charge in [0.05, 0.1) is 7.11 Å². The van der Waals surface area contributed by atoms with Gasteiger partial charge in [-0.25, -0.2) is 14.8 Å². The predicted octanol–water partition coefficient (Wildman–Crippen LogP) is 2.95. The molecule has 1 aliphatic rings. The Morgan fingerprint density at radius 3 is 2.65 bits per heavy atom. The molecule has 1 N–H and O–H groups in total. The molecule has 2 rings (SSSR count). The Bertz CT molecular complexity index is 468. The molecule has 0 aromatic carbocycles. The van der Waals surface area contributed by atoms with E-state index in [4.69, 9.17) is 0 Å². The van der Waals surface area contributed by atoms with Crippen molar-refractivity contribution in [2.45, 2.75) is 52.0 Å². The number of aromatic nitrogens is 2. The lowest BCUT2D eigenvalue weighted by Crippen LogP contribution is -2.26. The van der Waals surface area contributed by atoms with E-state index in [0.29, 0.717) is 6.04 Å². The minimum Gasteiger partial charge on any atom is -0.463 e. The van der Waals surface area contributed by atoms with Crippen molar-refractivity contribution in [1.29, 1.82) is 0 Å². The fourth-order valence-corrected chi connectivity index (χ4v) is 2.75. The van der Waals surface area contributed by atoms with E-state index in [-0.39, 0.29) is 5.82 Å². The highest BCUT2D eigenvalue weighted by atomic mass is 16.5. The summed E-state index contributed by atoms with van der Waals surface area (Å²) in [6.45, 7) is 4.11. The number of esters is 1. The lowest BCUT2D eigenvalue weighted by atomic mass is 9.84. The number of aryl methyl sites for hydroxylation is 1. The Hall–Kier alpha value is -1.65. The first-order chi connectivity index (χ1) is 9.62. The number of carbonyl (C=O) groups is 1. The maximum absolute atomic E-state index is 11.5. The van der Waals surface area contributed by atoms with Crippen LogP contribution in [0, 0.1) is 12.8 Å². The van der Waals surface area contributed by atoms with Gasteiger partial charge in [-0.1, -0.05) is 13.3 Å². The van der Waals surface area contributed by atoms with Gasteiger partial charge in [-0.3, -0.25) is 0 Å². The monoisotopic (exact) mass is 277 g/mol. The molecular weight excluding hydrogens is 254 g/mol. The number of nitrogens with zero attached hydrogens (tertiary/aromatic N) is 2. The second kappa shape index (κ2) is 6.68. The van der Waals surface area contributed by atoms with Crippen molar-refractivity contribution >= 4 is 11.8 Å². The second-order valence-corrected chi connectivity index (χ2v) is 5.48. The lowest BCUT2D eigenvalue weighted by Gasteiger charge is -2.28. The highest BCUT2D eigenvalue weighted by Gasteiger charge is 2.20. The average Bonchev–Trinajstić information content (AvgIpc) is 2.46. The van der Waals surface area contributed by atoms with E-state index < -0.39 is 5.97 Å². The van der Waals surface area contributed by atoms with E-state index in [9.17, 15) is 4.79 Å². The molecule has 0 radical (unpaired) electrons. The van der Waals surface area contributed by atoms with E-state index in [1.165, 1.54) is 26.4 Å². The Kier molecular flexibility index (Phi) is 4.93. The van der Waals surface area contributed by atoms with E-state index in [2.05, 4.69) is 26.9 Å². The fraction of sp³-hybridized carbons (Fsp3) is 0.667. The first-order valence-corrected chi connectivity index (χ1v) is 7.33. The normalized spacial score (nSPS) is 22.4. The molecule has 110 valence electrons. The number of rotatable bonds is 4. The van der Waals surface area contributed by atoms with Crippen LogP contribution in [-0.2, 0) is 4.74 Å². The van der Waals surface area contributed by atoms with Crippen LogP contribution >= 0.6 is 0 Å². The summed E-state index contributed by atoms with van der Waals surface area (Å²) >= 11 is 0. The van der Waals surface area contributed by atoms with Crippen LogP contribution in [0.25, 0.3) is 0 Å². The molecular formula is C15H23N3O2. The number of anilines is 1. The van der Waals surface area contributed by atoms with Crippen LogP contribution in [0.1, 0.15) is 55.3 Å². The van der Waals surface area contributed by atoms with Gasteiger partial charge in [0.1, 0.15) is 5.82 Å². The zero-order chi connectivity index (χ0) is 14.5. The van der Waals surface area contributed by atoms with Gasteiger partial charge >= 0.3 is 5.97 Å². The van der Waals surface area contributed by atoms with Crippen LogP contribution in [0.15, 0.2) is 6.07 Å². The van der Waals surface area contributed by atoms with Crippen molar-refractivity contribution in [1.82, 2.24) is 9.97 Å². The molecule has 5 heteroatoms. The van der Waals surface area contributed by atoms with Gasteiger partial charge in [0.15, 0.2) is 0 Å². The number of carbonyl (C=O) groups excluding carboxylic acids is 1. The Morgan fingerprint density at radius 2 is 2.05 bits per heavy atom. The van der Waals surface area contributed by atoms with Crippen molar-refractivity contribution < 1.29 is 9.53 Å². The maximum Gasteiger partial charge on any atom is 0.376 e. The molecule has 1 fully saturated rings. The summed E-state index contributed by atoms with van der Waals surface area (Å²) in [5, 5.41) is 3.43. The summed E-state index contributed by atoms with van der Waals surface area (Å²) in [5.74, 6) is 1.22. The third-order valence-electron chi connectivity index (χ3n) is 4.00. The largest absolute Gasteiger partial charge is 0.463 e. The molecule has 0 spiro atoms. The summed E-state index contributed by atoms with van der Waals surface area (Å²) in [6, 6.07) is 2.32. The third-order valence-corrected chi connectivity index (χ3v) is 4.00. The topological polar surface area (TPSA) is 64.1 Å². The van der Waals surface area contributed by atoms with Crippen molar-refractivity contribution in [3.8, 4) is 0 Å². The number of methoxy groups -OCH3 is 1. The van der Waals surface area contributed by atoms with Crippen LogP contribution in [0.4, 0.5) is 5.82 Å². The Labute approximate surface area is 120 Å². The minimum atomic E-state index is -0.494. The molecule has 0 amide bonds. The van der Waals surface area contributed by atoms with Gasteiger partial charge in [-0.15, -0.1) is 0 Å². The van der Waals surface area contributed by atoms with Crippen molar-refractivity contribution in [2.24, 2.45) is 5.92 Å². The number of hydrogen-bond donors (Lipinski definition) is 1. The van der Waals surface area contributed by atoms with Gasteiger partial charge in [-0.2, -0.15) is 0 Å². The lowest BCUT2D eigenvalue weighted by molar-refractivity contribution is 0.0586. The molecule has 0 bridgehead atoms. The van der Waals surface area contributed by atoms with Gasteiger partial charge in [-0.05, 0) is 38.5 Å². The molecule has 0 unspecified atom stereocenters. The average molecular weight is 277 g/mol. The molecule has 1 aliphatic carbocycles. The van der Waals surface area contributed by atoms with E-state index in [1.807, 2.05) is 13.0 Å². The standard InChI is InChI=1S/C15H23N3O2/c1-4-11-5-7-12(8-6-11)17-13-9-10(2)16-14(18-13)15(19)20-3/h9,11-12H,4-8H2,1-3H3,(H,16,17,18). The molecule has 0 atom stereocenters. The molecule has 1 aromatic rings. The van der Waals surface area contributed by atoms with Gasteiger partial charge in [0.2, 0.25) is 5.82 Å². The van der Waals surface area contributed by atoms with Crippen LogP contribution in [0.3, 0.4) is 0 Å². The maximum atomic E-state index is 11.5. The predicted molar refractivity (Wildman–Crippen MR) is 77.8 cm³/mol. The van der Waals surface area contributed by atoms with Crippen molar-refractivity contribution in [3.63, 3.8) is 0 Å². The summed E-state index contributed by atoms with van der Waals surface area (Å²) in [4.78, 5) is 19.9. The quantitative estimate of drug-likeness (QED) is 0.857. The van der Waals surface area contributed by atoms with Gasteiger partial charge in [0, 0.05) is 17.8 Å². The number of hydrogen-bond acceptors (Lipinski definition) is 5. The van der Waals surface area contributed by atoms with Crippen LogP contribution in [0.5, 0.6) is 0 Å². The number of ether oxygens (including phenoxy) is 1. The van der Waals surface area contributed by atoms with Gasteiger partial charge in [0.25, 0.3) is 0 Å². The first kappa shape index (κ1) is 14.8. The molecule has 0 aliphatic heterocycles. The summed E-state index contributed by atoms with van der Waals surface area (Å²) in [7, 11) is 1.34. The van der Waals surface area contributed by atoms with Crippen molar-refractivity contribution in [3.05, 3.63) is 17.6 Å². The molecule has 1 saturated carbocycles. The molecule has 5 nitrogen and oxygen atoms in total. The summed E-state index contributed by atoms with van der Waals surface area (Å²) < 4.78 is 4.67. The zero-order valence-electron chi connectivity index (χ0n) is 12.5. The van der Waals surface area contributed by atoms with Crippen LogP contribution in [0.2, 0.25) is 0 Å². The molecule has 20 heavy (non-hydrogen) atoms. The molecule has 1 aromatic heterocycles. The zero-order valence-corrected chi connectivity index (χ0v) is 12.5. The smallest absolute Gasteiger partial charge is 0.376 e. The SMILES string of the molecule is CCC1CCC(Nc2cc(C)nc(C(=O)OC)n2)CC1. The Balaban J connectivity index is 2.02. The second-order valence-electron chi connectivity index (χ2n) is 5.48. The minimum absolute atomic E-state index is 0.122. The van der Waals surface area contributed by atoms with E-state index in [1.54, 1.807) is 0 Å². The summed E-state index contributed by atoms with van der Waals surface area (Å²) in [6.07, 6.45) is 6.13. The van der Waals surface area contributed by atoms with Crippen molar-refractivity contribution in [2.75, 3.05) is 12.4 Å². The fourth-order valence-electron chi connectivity index (χ4n) is 2.75. The van der Waals surface area contributed by atoms with Gasteiger partial charge < -0.3 is 10.1 Å². The van der Waals surface area contributed by atoms with E-state index in [0.717, 1.165) is 30.3 Å². The van der Waals surface area contributed by atoms with E-state index >= 15 is 0 Å². The molecule has 0 saturated heterocycles. The first-order valence-electron chi connectivity index (χ1n) is 7.33. The third kappa shape index (κ3) is 3.68. The highest BCUT2D eigenvalue weighted by molar-refractivity contribution is 5.85. The Morgan fingerprint density at radius 1 is 1.35 bits per heavy atom. The highest BCUT2D eigenvalue weighted by Crippen LogP contribution is 2.28. The van der Waals surface area contributed by atoms with Crippen LogP contribution in [-0.4, -0.2) is 29.1 Å². The summed E-state index contributed by atoms with van der Waals surface area (Å²) in [5.41, 5.74) is 0.769. The molecule has 1 heterocycles. The number of nitrogens with one attached hydrogen (secondary N) is 1. The van der Waals surface area contributed by atoms with Crippen LogP contribution < -0.4 is 5.32 Å².